The highest BCUT2D eigenvalue weighted by Crippen LogP contribution is 2.30. The van der Waals surface area contributed by atoms with Crippen molar-refractivity contribution in [3.63, 3.8) is 0 Å². The molecule has 0 bridgehead atoms. The lowest BCUT2D eigenvalue weighted by atomic mass is 10.1. The third-order valence-electron chi connectivity index (χ3n) is 4.76. The van der Waals surface area contributed by atoms with E-state index in [-0.39, 0.29) is 18.0 Å². The Hall–Kier alpha value is -4.45. The molecule has 1 aromatic heterocycles. The molecule has 4 aromatic rings. The molecule has 0 spiro atoms. The van der Waals surface area contributed by atoms with Gasteiger partial charge in [0.05, 0.1) is 0 Å². The van der Waals surface area contributed by atoms with E-state index in [0.29, 0.717) is 23.7 Å². The molecule has 0 aliphatic carbocycles. The summed E-state index contributed by atoms with van der Waals surface area (Å²) in [6.45, 7) is 10.0. The molecule has 0 aliphatic heterocycles. The van der Waals surface area contributed by atoms with Crippen molar-refractivity contribution < 1.29 is 14.2 Å². The number of nitrogens with zero attached hydrogens (tertiary/aromatic N) is 3. The molecule has 0 radical (unpaired) electrons. The predicted molar refractivity (Wildman–Crippen MR) is 137 cm³/mol. The smallest absolute Gasteiger partial charge is 0.331 e. The van der Waals surface area contributed by atoms with Crippen molar-refractivity contribution in [1.82, 2.24) is 15.0 Å². The van der Waals surface area contributed by atoms with E-state index in [0.717, 1.165) is 22.3 Å². The zero-order chi connectivity index (χ0) is 24.6. The van der Waals surface area contributed by atoms with Gasteiger partial charge in [-0.25, -0.2) is 0 Å². The number of aromatic nitrogens is 3. The third kappa shape index (κ3) is 6.77. The fraction of sp³-hybridized carbons (Fsp3) is 0.138. The van der Waals surface area contributed by atoms with Gasteiger partial charge in [-0.05, 0) is 57.0 Å². The maximum absolute atomic E-state index is 6.09. The second kappa shape index (κ2) is 11.1. The van der Waals surface area contributed by atoms with Gasteiger partial charge in [0.25, 0.3) is 0 Å². The highest BCUT2D eigenvalue weighted by atomic mass is 16.5. The van der Waals surface area contributed by atoms with Crippen LogP contribution in [0.1, 0.15) is 31.9 Å². The van der Waals surface area contributed by atoms with Crippen LogP contribution in [0.5, 0.6) is 35.3 Å². The fourth-order valence-electron chi connectivity index (χ4n) is 3.33. The zero-order valence-corrected chi connectivity index (χ0v) is 20.1. The highest BCUT2D eigenvalue weighted by Gasteiger charge is 2.15. The Kier molecular flexibility index (Phi) is 7.53. The van der Waals surface area contributed by atoms with Crippen molar-refractivity contribution in [2.75, 3.05) is 0 Å². The fourth-order valence-corrected chi connectivity index (χ4v) is 3.33. The molecule has 0 N–H and O–H groups in total. The number of para-hydroxylation sites is 3. The highest BCUT2D eigenvalue weighted by molar-refractivity contribution is 5.59. The number of allylic oxidation sites excluding steroid dienone is 2. The third-order valence-corrected chi connectivity index (χ3v) is 4.76. The molecule has 0 saturated carbocycles. The SMILES string of the molecule is C=C(C)Cc1ccccc1Oc1nc(Oc2ccccc2)nc(Oc2ccccc2C=C(C)C)n1. The maximum atomic E-state index is 6.09. The van der Waals surface area contributed by atoms with E-state index in [4.69, 9.17) is 14.2 Å². The van der Waals surface area contributed by atoms with Crippen LogP contribution in [-0.4, -0.2) is 15.0 Å². The van der Waals surface area contributed by atoms with Crippen LogP contribution in [0.25, 0.3) is 6.08 Å². The van der Waals surface area contributed by atoms with Gasteiger partial charge < -0.3 is 14.2 Å². The molecular formula is C29H27N3O3. The first-order chi connectivity index (χ1) is 17.0. The van der Waals surface area contributed by atoms with E-state index in [1.807, 2.05) is 106 Å². The summed E-state index contributed by atoms with van der Waals surface area (Å²) in [6, 6.07) is 24.8. The summed E-state index contributed by atoms with van der Waals surface area (Å²) in [7, 11) is 0. The molecule has 0 atom stereocenters. The Morgan fingerprint density at radius 2 is 1.23 bits per heavy atom. The predicted octanol–water partition coefficient (Wildman–Crippen LogP) is 7.79. The zero-order valence-electron chi connectivity index (χ0n) is 20.1. The summed E-state index contributed by atoms with van der Waals surface area (Å²) in [5.74, 6) is 1.82. The normalized spacial score (nSPS) is 10.4. The summed E-state index contributed by atoms with van der Waals surface area (Å²) in [5, 5.41) is 0. The molecule has 0 amide bonds. The van der Waals surface area contributed by atoms with Gasteiger partial charge in [0.2, 0.25) is 0 Å². The number of ether oxygens (including phenoxy) is 3. The van der Waals surface area contributed by atoms with E-state index < -0.39 is 0 Å². The lowest BCUT2D eigenvalue weighted by Crippen LogP contribution is -2.02. The quantitative estimate of drug-likeness (QED) is 0.235. The van der Waals surface area contributed by atoms with Crippen molar-refractivity contribution in [3.05, 3.63) is 108 Å². The molecule has 3 aromatic carbocycles. The monoisotopic (exact) mass is 465 g/mol. The molecule has 6 nitrogen and oxygen atoms in total. The Bertz CT molecular complexity index is 1350. The average Bonchev–Trinajstić information content (AvgIpc) is 2.82. The second-order valence-electron chi connectivity index (χ2n) is 8.30. The first-order valence-corrected chi connectivity index (χ1v) is 11.3. The Morgan fingerprint density at radius 3 is 1.89 bits per heavy atom. The lowest BCUT2D eigenvalue weighted by molar-refractivity contribution is 0.361. The summed E-state index contributed by atoms with van der Waals surface area (Å²) in [4.78, 5) is 13.2. The summed E-state index contributed by atoms with van der Waals surface area (Å²) < 4.78 is 18.0. The van der Waals surface area contributed by atoms with Crippen LogP contribution in [0.3, 0.4) is 0 Å². The van der Waals surface area contributed by atoms with E-state index >= 15 is 0 Å². The average molecular weight is 466 g/mol. The van der Waals surface area contributed by atoms with Gasteiger partial charge in [-0.2, -0.15) is 0 Å². The first kappa shape index (κ1) is 23.7. The molecule has 0 unspecified atom stereocenters. The van der Waals surface area contributed by atoms with Crippen molar-refractivity contribution in [2.24, 2.45) is 0 Å². The van der Waals surface area contributed by atoms with Gasteiger partial charge in [0.15, 0.2) is 0 Å². The Labute approximate surface area is 205 Å². The Balaban J connectivity index is 1.71. The van der Waals surface area contributed by atoms with Gasteiger partial charge in [0, 0.05) is 5.56 Å². The van der Waals surface area contributed by atoms with Crippen molar-refractivity contribution in [1.29, 1.82) is 0 Å². The largest absolute Gasteiger partial charge is 0.424 e. The van der Waals surface area contributed by atoms with Crippen LogP contribution in [0, 0.1) is 0 Å². The van der Waals surface area contributed by atoms with Crippen molar-refractivity contribution in [3.8, 4) is 35.3 Å². The molecule has 35 heavy (non-hydrogen) atoms. The molecule has 176 valence electrons. The van der Waals surface area contributed by atoms with E-state index in [1.165, 1.54) is 0 Å². The topological polar surface area (TPSA) is 66.4 Å². The standard InChI is InChI=1S/C29H27N3O3/c1-20(2)18-22-12-8-10-16-25(22)34-28-30-27(33-24-14-6-5-7-15-24)31-29(32-28)35-26-17-11-9-13-23(26)19-21(3)4/h5-17,19H,1,18H2,2-4H3. The molecule has 1 heterocycles. The number of benzene rings is 3. The van der Waals surface area contributed by atoms with Gasteiger partial charge in [-0.1, -0.05) is 78.4 Å². The second-order valence-corrected chi connectivity index (χ2v) is 8.30. The number of hydrogen-bond donors (Lipinski definition) is 0. The van der Waals surface area contributed by atoms with Gasteiger partial charge in [-0.15, -0.1) is 15.0 Å². The minimum absolute atomic E-state index is 0.0629. The number of hydrogen-bond acceptors (Lipinski definition) is 6. The molecule has 0 aliphatic rings. The van der Waals surface area contributed by atoms with Crippen LogP contribution in [-0.2, 0) is 6.42 Å². The van der Waals surface area contributed by atoms with E-state index in [1.54, 1.807) is 0 Å². The van der Waals surface area contributed by atoms with Crippen molar-refractivity contribution >= 4 is 6.08 Å². The maximum Gasteiger partial charge on any atom is 0.331 e. The molecule has 6 heteroatoms. The van der Waals surface area contributed by atoms with Gasteiger partial charge >= 0.3 is 18.0 Å². The summed E-state index contributed by atoms with van der Waals surface area (Å²) in [6.07, 6.45) is 2.71. The molecule has 4 rings (SSSR count). The Morgan fingerprint density at radius 1 is 0.686 bits per heavy atom. The van der Waals surface area contributed by atoms with Crippen LogP contribution >= 0.6 is 0 Å². The lowest BCUT2D eigenvalue weighted by Gasteiger charge is -2.12. The van der Waals surface area contributed by atoms with E-state index in [9.17, 15) is 0 Å². The van der Waals surface area contributed by atoms with Crippen LogP contribution in [0.2, 0.25) is 0 Å². The molecule has 0 fully saturated rings. The summed E-state index contributed by atoms with van der Waals surface area (Å²) in [5.41, 5.74) is 4.04. The molecular weight excluding hydrogens is 438 g/mol. The van der Waals surface area contributed by atoms with Crippen LogP contribution < -0.4 is 14.2 Å². The van der Waals surface area contributed by atoms with Gasteiger partial charge in [0.1, 0.15) is 17.2 Å². The van der Waals surface area contributed by atoms with Crippen molar-refractivity contribution in [2.45, 2.75) is 27.2 Å². The minimum Gasteiger partial charge on any atom is -0.424 e. The number of rotatable bonds is 9. The van der Waals surface area contributed by atoms with Crippen LogP contribution in [0.15, 0.2) is 96.6 Å². The summed E-state index contributed by atoms with van der Waals surface area (Å²) >= 11 is 0. The van der Waals surface area contributed by atoms with Crippen LogP contribution in [0.4, 0.5) is 0 Å². The molecule has 0 saturated heterocycles. The minimum atomic E-state index is 0.0629. The van der Waals surface area contributed by atoms with Gasteiger partial charge in [-0.3, -0.25) is 0 Å². The first-order valence-electron chi connectivity index (χ1n) is 11.3. The van der Waals surface area contributed by atoms with E-state index in [2.05, 4.69) is 21.5 Å².